The van der Waals surface area contributed by atoms with Gasteiger partial charge in [0.25, 0.3) is 5.91 Å². The molecule has 8 heteroatoms. The van der Waals surface area contributed by atoms with Gasteiger partial charge in [0.15, 0.2) is 5.69 Å². The van der Waals surface area contributed by atoms with Crippen molar-refractivity contribution in [3.8, 4) is 11.6 Å². The number of halogens is 1. The van der Waals surface area contributed by atoms with Crippen LogP contribution in [0.4, 0.5) is 4.39 Å². The van der Waals surface area contributed by atoms with Crippen LogP contribution in [0, 0.1) is 18.2 Å². The highest BCUT2D eigenvalue weighted by Gasteiger charge is 2.24. The third-order valence-corrected chi connectivity index (χ3v) is 5.34. The van der Waals surface area contributed by atoms with Crippen molar-refractivity contribution in [1.82, 2.24) is 15.1 Å². The standard InChI is InChI=1S/C26H30FN3O4/c1-17-9-5-6-10-18(17)20(16-24(31)32)28-25(33)21-15-23(34-14-13-26(2,3)4)30(29-21)22-12-8-7-11-19(22)27/h5-12,15,20H,13-14,16H2,1-4H3,(H,28,33)(H,31,32)/t20-/m0/s1. The minimum atomic E-state index is -1.04. The number of carboxylic acids is 1. The van der Waals surface area contributed by atoms with Crippen LogP contribution >= 0.6 is 0 Å². The number of carbonyl (C=O) groups excluding carboxylic acids is 1. The van der Waals surface area contributed by atoms with Crippen LogP contribution < -0.4 is 10.1 Å². The molecule has 0 spiro atoms. The van der Waals surface area contributed by atoms with Gasteiger partial charge in [-0.2, -0.15) is 9.78 Å². The molecule has 1 aromatic heterocycles. The van der Waals surface area contributed by atoms with E-state index in [0.29, 0.717) is 12.2 Å². The fraction of sp³-hybridized carbons (Fsp3) is 0.346. The highest BCUT2D eigenvalue weighted by molar-refractivity contribution is 5.93. The van der Waals surface area contributed by atoms with E-state index >= 15 is 0 Å². The summed E-state index contributed by atoms with van der Waals surface area (Å²) < 4.78 is 21.7. The first-order valence-corrected chi connectivity index (χ1v) is 11.1. The van der Waals surface area contributed by atoms with E-state index in [1.807, 2.05) is 19.1 Å². The van der Waals surface area contributed by atoms with Crippen LogP contribution in [0.3, 0.4) is 0 Å². The Morgan fingerprint density at radius 2 is 1.82 bits per heavy atom. The van der Waals surface area contributed by atoms with Crippen molar-refractivity contribution < 1.29 is 23.8 Å². The molecule has 0 aliphatic carbocycles. The lowest BCUT2D eigenvalue weighted by Crippen LogP contribution is -2.31. The fourth-order valence-electron chi connectivity index (χ4n) is 3.46. The molecule has 7 nitrogen and oxygen atoms in total. The lowest BCUT2D eigenvalue weighted by atomic mass is 9.93. The van der Waals surface area contributed by atoms with Crippen molar-refractivity contribution in [3.05, 3.63) is 77.2 Å². The Morgan fingerprint density at radius 1 is 1.15 bits per heavy atom. The summed E-state index contributed by atoms with van der Waals surface area (Å²) in [5, 5.41) is 16.4. The molecule has 1 heterocycles. The first-order valence-electron chi connectivity index (χ1n) is 11.1. The van der Waals surface area contributed by atoms with Crippen molar-refractivity contribution >= 4 is 11.9 Å². The first kappa shape index (κ1) is 25.0. The number of nitrogens with zero attached hydrogens (tertiary/aromatic N) is 2. The van der Waals surface area contributed by atoms with Crippen LogP contribution in [0.5, 0.6) is 5.88 Å². The van der Waals surface area contributed by atoms with E-state index in [0.717, 1.165) is 12.0 Å². The average Bonchev–Trinajstić information content (AvgIpc) is 3.17. The van der Waals surface area contributed by atoms with E-state index in [-0.39, 0.29) is 29.1 Å². The van der Waals surface area contributed by atoms with Gasteiger partial charge < -0.3 is 15.2 Å². The molecule has 0 fully saturated rings. The minimum Gasteiger partial charge on any atom is -0.481 e. The minimum absolute atomic E-state index is 0.00187. The second-order valence-electron chi connectivity index (χ2n) is 9.37. The summed E-state index contributed by atoms with van der Waals surface area (Å²) >= 11 is 0. The predicted molar refractivity (Wildman–Crippen MR) is 127 cm³/mol. The van der Waals surface area contributed by atoms with E-state index in [1.54, 1.807) is 30.3 Å². The quantitative estimate of drug-likeness (QED) is 0.458. The number of aromatic nitrogens is 2. The summed E-state index contributed by atoms with van der Waals surface area (Å²) in [6.07, 6.45) is 0.449. The van der Waals surface area contributed by atoms with Crippen LogP contribution in [-0.4, -0.2) is 33.4 Å². The third kappa shape index (κ3) is 6.43. The maximum Gasteiger partial charge on any atom is 0.305 e. The van der Waals surface area contributed by atoms with Crippen molar-refractivity contribution in [2.45, 2.75) is 46.6 Å². The summed E-state index contributed by atoms with van der Waals surface area (Å²) in [6.45, 7) is 8.45. The summed E-state index contributed by atoms with van der Waals surface area (Å²) in [5.41, 5.74) is 1.73. The second-order valence-corrected chi connectivity index (χ2v) is 9.37. The van der Waals surface area contributed by atoms with E-state index in [9.17, 15) is 19.1 Å². The van der Waals surface area contributed by atoms with E-state index in [2.05, 4.69) is 31.2 Å². The summed E-state index contributed by atoms with van der Waals surface area (Å²) in [7, 11) is 0. The number of rotatable bonds is 9. The number of nitrogens with one attached hydrogen (secondary N) is 1. The lowest BCUT2D eigenvalue weighted by Gasteiger charge is -2.18. The first-order chi connectivity index (χ1) is 16.0. The van der Waals surface area contributed by atoms with Crippen molar-refractivity contribution in [2.24, 2.45) is 5.41 Å². The molecule has 0 saturated carbocycles. The monoisotopic (exact) mass is 467 g/mol. The number of ether oxygens (including phenoxy) is 1. The lowest BCUT2D eigenvalue weighted by molar-refractivity contribution is -0.137. The van der Waals surface area contributed by atoms with Crippen LogP contribution in [0.15, 0.2) is 54.6 Å². The number of hydrogen-bond donors (Lipinski definition) is 2. The number of carbonyl (C=O) groups is 2. The van der Waals surface area contributed by atoms with Crippen molar-refractivity contribution in [2.75, 3.05) is 6.61 Å². The van der Waals surface area contributed by atoms with Crippen LogP contribution in [0.2, 0.25) is 0 Å². The van der Waals surface area contributed by atoms with Gasteiger partial charge in [0, 0.05) is 6.07 Å². The Balaban J connectivity index is 1.92. The van der Waals surface area contributed by atoms with Gasteiger partial charge in [0.1, 0.15) is 11.5 Å². The summed E-state index contributed by atoms with van der Waals surface area (Å²) in [6, 6.07) is 14.0. The van der Waals surface area contributed by atoms with Crippen molar-refractivity contribution in [3.63, 3.8) is 0 Å². The summed E-state index contributed by atoms with van der Waals surface area (Å²) in [4.78, 5) is 24.6. The number of para-hydroxylation sites is 1. The van der Waals surface area contributed by atoms with E-state index in [4.69, 9.17) is 4.74 Å². The van der Waals surface area contributed by atoms with Crippen LogP contribution in [0.1, 0.15) is 61.3 Å². The number of hydrogen-bond acceptors (Lipinski definition) is 4. The topological polar surface area (TPSA) is 93.5 Å². The zero-order chi connectivity index (χ0) is 24.9. The fourth-order valence-corrected chi connectivity index (χ4v) is 3.46. The molecular formula is C26H30FN3O4. The van der Waals surface area contributed by atoms with Crippen LogP contribution in [-0.2, 0) is 4.79 Å². The number of aryl methyl sites for hydroxylation is 1. The van der Waals surface area contributed by atoms with Gasteiger partial charge in [-0.25, -0.2) is 4.39 Å². The normalized spacial score (nSPS) is 12.3. The van der Waals surface area contributed by atoms with Gasteiger partial charge in [-0.3, -0.25) is 9.59 Å². The largest absolute Gasteiger partial charge is 0.481 e. The zero-order valence-electron chi connectivity index (χ0n) is 19.8. The molecule has 180 valence electrons. The third-order valence-electron chi connectivity index (χ3n) is 5.34. The molecule has 0 aliphatic heterocycles. The Bertz CT molecular complexity index is 1170. The van der Waals surface area contributed by atoms with Gasteiger partial charge in [-0.1, -0.05) is 57.2 Å². The Kier molecular flexibility index (Phi) is 7.71. The van der Waals surface area contributed by atoms with Crippen LogP contribution in [0.25, 0.3) is 5.69 Å². The molecule has 2 N–H and O–H groups in total. The summed E-state index contributed by atoms with van der Waals surface area (Å²) in [5.74, 6) is -1.91. The van der Waals surface area contributed by atoms with E-state index in [1.165, 1.54) is 16.8 Å². The van der Waals surface area contributed by atoms with Gasteiger partial charge in [-0.15, -0.1) is 0 Å². The van der Waals surface area contributed by atoms with Gasteiger partial charge in [0.2, 0.25) is 5.88 Å². The Labute approximate surface area is 198 Å². The smallest absolute Gasteiger partial charge is 0.305 e. The number of amides is 1. The van der Waals surface area contributed by atoms with Gasteiger partial charge >= 0.3 is 5.97 Å². The number of carboxylic acid groups (broad SMARTS) is 1. The molecule has 2 aromatic carbocycles. The highest BCUT2D eigenvalue weighted by Crippen LogP contribution is 2.26. The average molecular weight is 468 g/mol. The number of aliphatic carboxylic acids is 1. The zero-order valence-corrected chi connectivity index (χ0v) is 19.8. The van der Waals surface area contributed by atoms with Gasteiger partial charge in [0.05, 0.1) is 19.1 Å². The van der Waals surface area contributed by atoms with Crippen molar-refractivity contribution in [1.29, 1.82) is 0 Å². The molecule has 3 aromatic rings. The molecule has 0 radical (unpaired) electrons. The molecule has 0 bridgehead atoms. The molecule has 0 saturated heterocycles. The van der Waals surface area contributed by atoms with Gasteiger partial charge in [-0.05, 0) is 42.0 Å². The SMILES string of the molecule is Cc1ccccc1[C@H](CC(=O)O)NC(=O)c1cc(OCCC(C)(C)C)n(-c2ccccc2F)n1. The second kappa shape index (κ2) is 10.5. The predicted octanol–water partition coefficient (Wildman–Crippen LogP) is 5.08. The maximum atomic E-state index is 14.5. The molecule has 0 aliphatic rings. The number of benzene rings is 2. The maximum absolute atomic E-state index is 14.5. The Hall–Kier alpha value is -3.68. The molecular weight excluding hydrogens is 437 g/mol. The highest BCUT2D eigenvalue weighted by atomic mass is 19.1. The molecule has 3 rings (SSSR count). The Morgan fingerprint density at radius 3 is 2.47 bits per heavy atom. The van der Waals surface area contributed by atoms with E-state index < -0.39 is 23.7 Å². The molecule has 34 heavy (non-hydrogen) atoms. The molecule has 0 unspecified atom stereocenters. The molecule has 1 atom stereocenters. The molecule has 1 amide bonds.